The van der Waals surface area contributed by atoms with Crippen molar-refractivity contribution in [2.75, 3.05) is 5.32 Å². The van der Waals surface area contributed by atoms with Gasteiger partial charge >= 0.3 is 5.69 Å². The number of hydrogen-bond acceptors (Lipinski definition) is 7. The molecule has 0 aliphatic carbocycles. The predicted octanol–water partition coefficient (Wildman–Crippen LogP) is 1.26. The first-order valence-electron chi connectivity index (χ1n) is 5.25. The van der Waals surface area contributed by atoms with Crippen LogP contribution in [0, 0.1) is 21.4 Å². The topological polar surface area (TPSA) is 118 Å². The lowest BCUT2D eigenvalue weighted by Gasteiger charge is -2.05. The molecule has 2 aromatic rings. The van der Waals surface area contributed by atoms with Gasteiger partial charge in [0.1, 0.15) is 6.07 Å². The van der Waals surface area contributed by atoms with Crippen LogP contribution in [-0.4, -0.2) is 20.1 Å². The summed E-state index contributed by atoms with van der Waals surface area (Å²) < 4.78 is 0. The molecule has 0 fully saturated rings. The molecule has 0 aromatic carbocycles. The highest BCUT2D eigenvalue weighted by atomic mass is 16.6. The molecule has 0 saturated carbocycles. The zero-order valence-electron chi connectivity index (χ0n) is 9.65. The van der Waals surface area contributed by atoms with Gasteiger partial charge in [0.25, 0.3) is 0 Å². The van der Waals surface area contributed by atoms with Gasteiger partial charge in [-0.1, -0.05) is 0 Å². The summed E-state index contributed by atoms with van der Waals surface area (Å²) in [7, 11) is 0. The molecule has 0 saturated heterocycles. The van der Waals surface area contributed by atoms with Crippen LogP contribution >= 0.6 is 0 Å². The van der Waals surface area contributed by atoms with E-state index >= 15 is 0 Å². The molecule has 19 heavy (non-hydrogen) atoms. The lowest BCUT2D eigenvalue weighted by atomic mass is 10.2. The van der Waals surface area contributed by atoms with Crippen molar-refractivity contribution in [3.8, 4) is 6.07 Å². The van der Waals surface area contributed by atoms with E-state index < -0.39 is 4.92 Å². The maximum absolute atomic E-state index is 10.9. The van der Waals surface area contributed by atoms with Crippen LogP contribution in [0.3, 0.4) is 0 Å². The first-order valence-corrected chi connectivity index (χ1v) is 5.25. The number of rotatable bonds is 4. The molecule has 0 spiro atoms. The van der Waals surface area contributed by atoms with E-state index in [2.05, 4.69) is 20.5 Å². The summed E-state index contributed by atoms with van der Waals surface area (Å²) in [5.41, 5.74) is 0.516. The van der Waals surface area contributed by atoms with Gasteiger partial charge in [-0.05, 0) is 12.1 Å². The Balaban J connectivity index is 2.21. The van der Waals surface area contributed by atoms with Gasteiger partial charge < -0.3 is 5.32 Å². The van der Waals surface area contributed by atoms with Crippen molar-refractivity contribution in [1.29, 1.82) is 5.26 Å². The Kier molecular flexibility index (Phi) is 3.59. The predicted molar refractivity (Wildman–Crippen MR) is 65.0 cm³/mol. The molecule has 2 aromatic heterocycles. The summed E-state index contributed by atoms with van der Waals surface area (Å²) in [6, 6.07) is 6.42. The standard InChI is InChI=1S/C11H8N6O2/c12-5-8-4-10(17(18)19)11(13-6-8)14-7-9-2-1-3-15-16-9/h1-4,6H,7H2,(H,13,14). The fourth-order valence-corrected chi connectivity index (χ4v) is 1.39. The Bertz CT molecular complexity index is 637. The van der Waals surface area contributed by atoms with E-state index in [1.807, 2.05) is 0 Å². The number of nitro groups is 1. The molecule has 2 rings (SSSR count). The first kappa shape index (κ1) is 12.4. The zero-order valence-corrected chi connectivity index (χ0v) is 9.65. The van der Waals surface area contributed by atoms with E-state index in [1.54, 1.807) is 18.2 Å². The molecule has 0 atom stereocenters. The minimum Gasteiger partial charge on any atom is -0.359 e. The highest BCUT2D eigenvalue weighted by molar-refractivity contribution is 5.58. The third-order valence-corrected chi connectivity index (χ3v) is 2.26. The molecule has 1 N–H and O–H groups in total. The number of nitrogens with zero attached hydrogens (tertiary/aromatic N) is 5. The van der Waals surface area contributed by atoms with Crippen molar-refractivity contribution in [3.63, 3.8) is 0 Å². The molecule has 8 nitrogen and oxygen atoms in total. The molecular weight excluding hydrogens is 248 g/mol. The Morgan fingerprint density at radius 2 is 2.37 bits per heavy atom. The fourth-order valence-electron chi connectivity index (χ4n) is 1.39. The maximum Gasteiger partial charge on any atom is 0.312 e. The minimum absolute atomic E-state index is 0.0923. The number of pyridine rings is 1. The smallest absolute Gasteiger partial charge is 0.312 e. The van der Waals surface area contributed by atoms with Crippen LogP contribution in [0.2, 0.25) is 0 Å². The summed E-state index contributed by atoms with van der Waals surface area (Å²) in [6.07, 6.45) is 2.80. The molecule has 0 bridgehead atoms. The Morgan fingerprint density at radius 3 is 3.00 bits per heavy atom. The molecule has 0 amide bonds. The van der Waals surface area contributed by atoms with Crippen LogP contribution in [-0.2, 0) is 6.54 Å². The summed E-state index contributed by atoms with van der Waals surface area (Å²) in [4.78, 5) is 14.2. The van der Waals surface area contributed by atoms with Crippen LogP contribution in [0.15, 0.2) is 30.6 Å². The van der Waals surface area contributed by atoms with Crippen molar-refractivity contribution in [1.82, 2.24) is 15.2 Å². The van der Waals surface area contributed by atoms with E-state index in [-0.39, 0.29) is 23.6 Å². The lowest BCUT2D eigenvalue weighted by molar-refractivity contribution is -0.384. The van der Waals surface area contributed by atoms with Crippen LogP contribution in [0.25, 0.3) is 0 Å². The zero-order chi connectivity index (χ0) is 13.7. The van der Waals surface area contributed by atoms with E-state index in [0.29, 0.717) is 5.69 Å². The highest BCUT2D eigenvalue weighted by Gasteiger charge is 2.16. The first-order chi connectivity index (χ1) is 9.20. The van der Waals surface area contributed by atoms with Crippen LogP contribution in [0.5, 0.6) is 0 Å². The van der Waals surface area contributed by atoms with E-state index in [0.717, 1.165) is 0 Å². The quantitative estimate of drug-likeness (QED) is 0.646. The molecule has 0 aliphatic heterocycles. The molecule has 0 unspecified atom stereocenters. The number of anilines is 1. The molecule has 2 heterocycles. The Labute approximate surface area is 107 Å². The van der Waals surface area contributed by atoms with Gasteiger partial charge in [0.2, 0.25) is 5.82 Å². The van der Waals surface area contributed by atoms with Crippen molar-refractivity contribution >= 4 is 11.5 Å². The van der Waals surface area contributed by atoms with Crippen molar-refractivity contribution < 1.29 is 4.92 Å². The minimum atomic E-state index is -0.590. The Morgan fingerprint density at radius 1 is 1.53 bits per heavy atom. The molecule has 0 aliphatic rings. The summed E-state index contributed by atoms with van der Waals surface area (Å²) in [5.74, 6) is 0.0923. The van der Waals surface area contributed by atoms with Crippen LogP contribution in [0.1, 0.15) is 11.3 Å². The van der Waals surface area contributed by atoms with Gasteiger partial charge in [-0.3, -0.25) is 10.1 Å². The molecule has 94 valence electrons. The van der Waals surface area contributed by atoms with Gasteiger partial charge in [-0.25, -0.2) is 4.98 Å². The van der Waals surface area contributed by atoms with E-state index in [4.69, 9.17) is 5.26 Å². The SMILES string of the molecule is N#Cc1cnc(NCc2cccnn2)c([N+](=O)[O-])c1. The number of aromatic nitrogens is 3. The maximum atomic E-state index is 10.9. The second-order valence-corrected chi connectivity index (χ2v) is 3.53. The third kappa shape index (κ3) is 2.98. The fraction of sp³-hybridized carbons (Fsp3) is 0.0909. The van der Waals surface area contributed by atoms with Crippen molar-refractivity contribution in [2.45, 2.75) is 6.54 Å². The largest absolute Gasteiger partial charge is 0.359 e. The van der Waals surface area contributed by atoms with Crippen molar-refractivity contribution in [3.05, 3.63) is 52.0 Å². The van der Waals surface area contributed by atoms with Gasteiger partial charge in [-0.2, -0.15) is 15.5 Å². The number of hydrogen-bond donors (Lipinski definition) is 1. The van der Waals surface area contributed by atoms with Crippen LogP contribution in [0.4, 0.5) is 11.5 Å². The van der Waals surface area contributed by atoms with Gasteiger partial charge in [0.05, 0.1) is 22.7 Å². The monoisotopic (exact) mass is 256 g/mol. The van der Waals surface area contributed by atoms with Gasteiger partial charge in [-0.15, -0.1) is 0 Å². The third-order valence-electron chi connectivity index (χ3n) is 2.26. The van der Waals surface area contributed by atoms with Crippen LogP contribution < -0.4 is 5.32 Å². The molecule has 0 radical (unpaired) electrons. The molecule has 8 heteroatoms. The summed E-state index contributed by atoms with van der Waals surface area (Å²) >= 11 is 0. The lowest BCUT2D eigenvalue weighted by Crippen LogP contribution is -2.06. The average molecular weight is 256 g/mol. The average Bonchev–Trinajstić information content (AvgIpc) is 2.46. The number of nitrogens with one attached hydrogen (secondary N) is 1. The Hall–Kier alpha value is -3.08. The summed E-state index contributed by atoms with van der Waals surface area (Å²) in [5, 5.41) is 29.9. The second kappa shape index (κ2) is 5.50. The van der Waals surface area contributed by atoms with Gasteiger partial charge in [0.15, 0.2) is 0 Å². The highest BCUT2D eigenvalue weighted by Crippen LogP contribution is 2.22. The van der Waals surface area contributed by atoms with Crippen molar-refractivity contribution in [2.24, 2.45) is 0 Å². The molecular formula is C11H8N6O2. The second-order valence-electron chi connectivity index (χ2n) is 3.53. The normalized spacial score (nSPS) is 9.63. The summed E-state index contributed by atoms with van der Waals surface area (Å²) in [6.45, 7) is 0.258. The number of nitriles is 1. The van der Waals surface area contributed by atoms with E-state index in [9.17, 15) is 10.1 Å². The van der Waals surface area contributed by atoms with E-state index in [1.165, 1.54) is 18.5 Å². The van der Waals surface area contributed by atoms with Gasteiger partial charge in [0, 0.05) is 18.5 Å².